The molecule has 0 saturated carbocycles. The quantitative estimate of drug-likeness (QED) is 0.619. The van der Waals surface area contributed by atoms with E-state index in [4.69, 9.17) is 5.11 Å². The minimum absolute atomic E-state index is 0.134. The van der Waals surface area contributed by atoms with E-state index in [9.17, 15) is 0 Å². The molecule has 1 aliphatic rings. The van der Waals surface area contributed by atoms with Crippen molar-refractivity contribution < 1.29 is 5.11 Å². The van der Waals surface area contributed by atoms with Gasteiger partial charge in [-0.05, 0) is 39.8 Å². The molecule has 0 bridgehead atoms. The molecular weight excluding hydrogens is 126 g/mol. The maximum absolute atomic E-state index is 9.10. The van der Waals surface area contributed by atoms with Crippen LogP contribution in [0, 0.1) is 0 Å². The molecule has 10 heavy (non-hydrogen) atoms. The second-order valence-electron chi connectivity index (χ2n) is 3.36. The van der Waals surface area contributed by atoms with E-state index in [1.165, 1.54) is 19.4 Å². The Morgan fingerprint density at radius 1 is 1.70 bits per heavy atom. The maximum atomic E-state index is 9.10. The van der Waals surface area contributed by atoms with Crippen molar-refractivity contribution in [1.82, 2.24) is 4.90 Å². The van der Waals surface area contributed by atoms with Gasteiger partial charge in [-0.15, -0.1) is 0 Å². The Kier molecular flexibility index (Phi) is 2.69. The van der Waals surface area contributed by atoms with Crippen molar-refractivity contribution in [2.75, 3.05) is 13.6 Å². The van der Waals surface area contributed by atoms with Gasteiger partial charge >= 0.3 is 0 Å². The molecule has 1 saturated heterocycles. The van der Waals surface area contributed by atoms with E-state index in [-0.39, 0.29) is 6.10 Å². The third-order valence-electron chi connectivity index (χ3n) is 2.28. The Labute approximate surface area is 62.8 Å². The van der Waals surface area contributed by atoms with Gasteiger partial charge in [0.25, 0.3) is 0 Å². The van der Waals surface area contributed by atoms with Crippen LogP contribution in [-0.2, 0) is 0 Å². The average Bonchev–Trinajstić information content (AvgIpc) is 2.15. The normalized spacial score (nSPS) is 30.9. The SMILES string of the molecule is C[C@H](O)CC1CCCN1C. The second-order valence-corrected chi connectivity index (χ2v) is 3.36. The molecule has 2 heteroatoms. The van der Waals surface area contributed by atoms with Crippen molar-refractivity contribution in [1.29, 1.82) is 0 Å². The average molecular weight is 143 g/mol. The van der Waals surface area contributed by atoms with Gasteiger partial charge in [0, 0.05) is 6.04 Å². The summed E-state index contributed by atoms with van der Waals surface area (Å²) in [5.41, 5.74) is 0. The van der Waals surface area contributed by atoms with Gasteiger partial charge in [0.15, 0.2) is 0 Å². The van der Waals surface area contributed by atoms with E-state index >= 15 is 0 Å². The molecule has 0 aromatic rings. The number of hydrogen-bond donors (Lipinski definition) is 1. The first-order valence-electron chi connectivity index (χ1n) is 4.08. The van der Waals surface area contributed by atoms with Gasteiger partial charge < -0.3 is 10.0 Å². The van der Waals surface area contributed by atoms with Crippen LogP contribution in [0.2, 0.25) is 0 Å². The summed E-state index contributed by atoms with van der Waals surface area (Å²) in [6.45, 7) is 3.07. The summed E-state index contributed by atoms with van der Waals surface area (Å²) >= 11 is 0. The Morgan fingerprint density at radius 3 is 2.80 bits per heavy atom. The number of aliphatic hydroxyl groups excluding tert-OH is 1. The van der Waals surface area contributed by atoms with Crippen LogP contribution >= 0.6 is 0 Å². The molecule has 1 N–H and O–H groups in total. The first kappa shape index (κ1) is 8.02. The molecule has 0 radical (unpaired) electrons. The zero-order valence-corrected chi connectivity index (χ0v) is 6.88. The summed E-state index contributed by atoms with van der Waals surface area (Å²) < 4.78 is 0. The molecule has 2 nitrogen and oxygen atoms in total. The number of likely N-dealkylation sites (tertiary alicyclic amines) is 1. The van der Waals surface area contributed by atoms with Crippen molar-refractivity contribution in [3.8, 4) is 0 Å². The molecule has 0 amide bonds. The van der Waals surface area contributed by atoms with E-state index in [0.717, 1.165) is 6.42 Å². The third kappa shape index (κ3) is 1.96. The van der Waals surface area contributed by atoms with Gasteiger partial charge in [0.1, 0.15) is 0 Å². The van der Waals surface area contributed by atoms with Crippen molar-refractivity contribution in [3.63, 3.8) is 0 Å². The van der Waals surface area contributed by atoms with Crippen LogP contribution in [0.1, 0.15) is 26.2 Å². The zero-order chi connectivity index (χ0) is 7.56. The Morgan fingerprint density at radius 2 is 2.40 bits per heavy atom. The van der Waals surface area contributed by atoms with Gasteiger partial charge in [0.05, 0.1) is 6.10 Å². The van der Waals surface area contributed by atoms with Crippen LogP contribution in [0.15, 0.2) is 0 Å². The number of rotatable bonds is 2. The summed E-state index contributed by atoms with van der Waals surface area (Å²) in [7, 11) is 2.14. The summed E-state index contributed by atoms with van der Waals surface area (Å²) in [4.78, 5) is 2.34. The predicted octanol–water partition coefficient (Wildman–Crippen LogP) is 0.851. The highest BCUT2D eigenvalue weighted by Crippen LogP contribution is 2.18. The Balaban J connectivity index is 2.26. The van der Waals surface area contributed by atoms with Crippen LogP contribution in [0.25, 0.3) is 0 Å². The lowest BCUT2D eigenvalue weighted by Gasteiger charge is -2.20. The fourth-order valence-electron chi connectivity index (χ4n) is 1.67. The minimum atomic E-state index is -0.134. The van der Waals surface area contributed by atoms with Crippen molar-refractivity contribution >= 4 is 0 Å². The predicted molar refractivity (Wildman–Crippen MR) is 41.9 cm³/mol. The molecule has 0 spiro atoms. The van der Waals surface area contributed by atoms with Gasteiger partial charge in [0.2, 0.25) is 0 Å². The fourth-order valence-corrected chi connectivity index (χ4v) is 1.67. The number of nitrogens with zero attached hydrogens (tertiary/aromatic N) is 1. The lowest BCUT2D eigenvalue weighted by molar-refractivity contribution is 0.144. The standard InChI is InChI=1S/C8H17NO/c1-7(10)6-8-4-3-5-9(8)2/h7-8,10H,3-6H2,1-2H3/t7-,8?/m0/s1. The van der Waals surface area contributed by atoms with Gasteiger partial charge in [-0.2, -0.15) is 0 Å². The minimum Gasteiger partial charge on any atom is -0.393 e. The second kappa shape index (κ2) is 3.35. The first-order valence-corrected chi connectivity index (χ1v) is 4.08. The lowest BCUT2D eigenvalue weighted by atomic mass is 10.1. The van der Waals surface area contributed by atoms with Crippen LogP contribution in [0.5, 0.6) is 0 Å². The topological polar surface area (TPSA) is 23.5 Å². The molecule has 2 atom stereocenters. The molecule has 1 rings (SSSR count). The van der Waals surface area contributed by atoms with Crippen molar-refractivity contribution in [2.45, 2.75) is 38.3 Å². The third-order valence-corrected chi connectivity index (χ3v) is 2.28. The maximum Gasteiger partial charge on any atom is 0.0527 e. The molecule has 60 valence electrons. The lowest BCUT2D eigenvalue weighted by Crippen LogP contribution is -2.27. The summed E-state index contributed by atoms with van der Waals surface area (Å²) in [5, 5.41) is 9.10. The molecule has 0 aromatic heterocycles. The fraction of sp³-hybridized carbons (Fsp3) is 1.00. The Bertz CT molecular complexity index is 103. The summed E-state index contributed by atoms with van der Waals surface area (Å²) in [5.74, 6) is 0. The van der Waals surface area contributed by atoms with E-state index in [1.54, 1.807) is 0 Å². The van der Waals surface area contributed by atoms with Crippen molar-refractivity contribution in [3.05, 3.63) is 0 Å². The van der Waals surface area contributed by atoms with Crippen LogP contribution < -0.4 is 0 Å². The highest BCUT2D eigenvalue weighted by Gasteiger charge is 2.21. The van der Waals surface area contributed by atoms with Gasteiger partial charge in [-0.3, -0.25) is 0 Å². The van der Waals surface area contributed by atoms with Crippen LogP contribution in [0.3, 0.4) is 0 Å². The molecule has 1 heterocycles. The van der Waals surface area contributed by atoms with E-state index in [2.05, 4.69) is 11.9 Å². The van der Waals surface area contributed by atoms with Crippen molar-refractivity contribution in [2.24, 2.45) is 0 Å². The van der Waals surface area contributed by atoms with Gasteiger partial charge in [-0.1, -0.05) is 0 Å². The smallest absolute Gasteiger partial charge is 0.0527 e. The summed E-state index contributed by atoms with van der Waals surface area (Å²) in [6, 6.07) is 0.639. The molecule has 1 aliphatic heterocycles. The zero-order valence-electron chi connectivity index (χ0n) is 6.88. The van der Waals surface area contributed by atoms with E-state index < -0.39 is 0 Å². The highest BCUT2D eigenvalue weighted by molar-refractivity contribution is 4.77. The first-order chi connectivity index (χ1) is 4.70. The highest BCUT2D eigenvalue weighted by atomic mass is 16.3. The molecule has 1 fully saturated rings. The molecule has 0 aromatic carbocycles. The largest absolute Gasteiger partial charge is 0.393 e. The molecule has 1 unspecified atom stereocenters. The molecular formula is C8H17NO. The van der Waals surface area contributed by atoms with E-state index in [1.807, 2.05) is 6.92 Å². The Hall–Kier alpha value is -0.0800. The number of hydrogen-bond acceptors (Lipinski definition) is 2. The van der Waals surface area contributed by atoms with E-state index in [0.29, 0.717) is 6.04 Å². The number of aliphatic hydroxyl groups is 1. The van der Waals surface area contributed by atoms with Crippen LogP contribution in [-0.4, -0.2) is 35.7 Å². The monoisotopic (exact) mass is 143 g/mol. The molecule has 0 aliphatic carbocycles. The van der Waals surface area contributed by atoms with Gasteiger partial charge in [-0.25, -0.2) is 0 Å². The summed E-state index contributed by atoms with van der Waals surface area (Å²) in [6.07, 6.45) is 3.37. The van der Waals surface area contributed by atoms with Crippen LogP contribution in [0.4, 0.5) is 0 Å².